The molecular weight excluding hydrogens is 204 g/mol. The predicted molar refractivity (Wildman–Crippen MR) is 62.7 cm³/mol. The van der Waals surface area contributed by atoms with E-state index in [4.69, 9.17) is 10.8 Å². The Hall–Kier alpha value is -1.39. The van der Waals surface area contributed by atoms with E-state index >= 15 is 0 Å². The normalized spacial score (nSPS) is 12.2. The Labute approximate surface area is 95.7 Å². The third-order valence-electron chi connectivity index (χ3n) is 2.39. The lowest BCUT2D eigenvalue weighted by Gasteiger charge is -2.20. The van der Waals surface area contributed by atoms with E-state index in [1.54, 1.807) is 7.05 Å². The zero-order valence-corrected chi connectivity index (χ0v) is 9.68. The quantitative estimate of drug-likeness (QED) is 0.768. The molecule has 1 aromatic rings. The molecule has 4 nitrogen and oxygen atoms in total. The van der Waals surface area contributed by atoms with Crippen molar-refractivity contribution in [2.75, 3.05) is 13.7 Å². The lowest BCUT2D eigenvalue weighted by molar-refractivity contribution is -0.132. The molecule has 0 spiro atoms. The summed E-state index contributed by atoms with van der Waals surface area (Å²) in [6, 6.07) is 7.12. The SMILES string of the molecule is Cc1cccc(CN(C)C(=O)C(N)CO)c1. The second-order valence-corrected chi connectivity index (χ2v) is 3.97. The van der Waals surface area contributed by atoms with Crippen LogP contribution >= 0.6 is 0 Å². The average Bonchev–Trinajstić information content (AvgIpc) is 2.27. The lowest BCUT2D eigenvalue weighted by atomic mass is 10.1. The van der Waals surface area contributed by atoms with Gasteiger partial charge in [-0.05, 0) is 12.5 Å². The van der Waals surface area contributed by atoms with Crippen LogP contribution in [-0.4, -0.2) is 35.6 Å². The van der Waals surface area contributed by atoms with Crippen molar-refractivity contribution in [3.8, 4) is 0 Å². The summed E-state index contributed by atoms with van der Waals surface area (Å²) in [5, 5.41) is 8.79. The number of likely N-dealkylation sites (N-methyl/N-ethyl adjacent to an activating group) is 1. The van der Waals surface area contributed by atoms with Crippen molar-refractivity contribution >= 4 is 5.91 Å². The molecule has 16 heavy (non-hydrogen) atoms. The van der Waals surface area contributed by atoms with E-state index < -0.39 is 6.04 Å². The fraction of sp³-hybridized carbons (Fsp3) is 0.417. The van der Waals surface area contributed by atoms with E-state index in [1.165, 1.54) is 4.90 Å². The van der Waals surface area contributed by atoms with E-state index in [9.17, 15) is 4.79 Å². The minimum atomic E-state index is -0.824. The number of amides is 1. The van der Waals surface area contributed by atoms with Crippen molar-refractivity contribution < 1.29 is 9.90 Å². The Morgan fingerprint density at radius 2 is 2.25 bits per heavy atom. The molecular formula is C12H18N2O2. The van der Waals surface area contributed by atoms with E-state index in [2.05, 4.69) is 0 Å². The summed E-state index contributed by atoms with van der Waals surface area (Å²) >= 11 is 0. The van der Waals surface area contributed by atoms with Gasteiger partial charge in [-0.15, -0.1) is 0 Å². The molecule has 4 heteroatoms. The molecule has 1 unspecified atom stereocenters. The molecule has 0 aliphatic heterocycles. The zero-order chi connectivity index (χ0) is 12.1. The molecule has 0 aromatic heterocycles. The smallest absolute Gasteiger partial charge is 0.241 e. The van der Waals surface area contributed by atoms with Gasteiger partial charge in [0.2, 0.25) is 5.91 Å². The van der Waals surface area contributed by atoms with Crippen LogP contribution in [0, 0.1) is 6.92 Å². The lowest BCUT2D eigenvalue weighted by Crippen LogP contribution is -2.43. The maximum atomic E-state index is 11.6. The number of hydrogen-bond acceptors (Lipinski definition) is 3. The summed E-state index contributed by atoms with van der Waals surface area (Å²) in [5.74, 6) is -0.246. The van der Waals surface area contributed by atoms with Gasteiger partial charge in [0.25, 0.3) is 0 Å². The molecule has 0 fully saturated rings. The summed E-state index contributed by atoms with van der Waals surface area (Å²) in [7, 11) is 1.68. The molecule has 0 saturated heterocycles. The van der Waals surface area contributed by atoms with Crippen LogP contribution in [0.25, 0.3) is 0 Å². The Bertz CT molecular complexity index is 366. The second kappa shape index (κ2) is 5.63. The van der Waals surface area contributed by atoms with Crippen LogP contribution in [0.2, 0.25) is 0 Å². The van der Waals surface area contributed by atoms with Gasteiger partial charge >= 0.3 is 0 Å². The molecule has 0 aliphatic carbocycles. The molecule has 1 aromatic carbocycles. The van der Waals surface area contributed by atoms with Crippen molar-refractivity contribution in [1.29, 1.82) is 0 Å². The first-order valence-corrected chi connectivity index (χ1v) is 5.21. The number of rotatable bonds is 4. The van der Waals surface area contributed by atoms with E-state index in [-0.39, 0.29) is 12.5 Å². The van der Waals surface area contributed by atoms with Crippen LogP contribution in [-0.2, 0) is 11.3 Å². The molecule has 0 heterocycles. The maximum absolute atomic E-state index is 11.6. The Balaban J connectivity index is 2.64. The van der Waals surface area contributed by atoms with Crippen LogP contribution in [0.1, 0.15) is 11.1 Å². The van der Waals surface area contributed by atoms with Gasteiger partial charge in [0.05, 0.1) is 6.61 Å². The third kappa shape index (κ3) is 3.32. The molecule has 1 atom stereocenters. The maximum Gasteiger partial charge on any atom is 0.241 e. The van der Waals surface area contributed by atoms with Crippen LogP contribution in [0.4, 0.5) is 0 Å². The first kappa shape index (κ1) is 12.7. The fourth-order valence-corrected chi connectivity index (χ4v) is 1.52. The molecule has 0 aliphatic rings. The highest BCUT2D eigenvalue weighted by molar-refractivity contribution is 5.81. The van der Waals surface area contributed by atoms with Crippen LogP contribution in [0.3, 0.4) is 0 Å². The number of nitrogens with two attached hydrogens (primary N) is 1. The number of hydrogen-bond donors (Lipinski definition) is 2. The molecule has 0 bridgehead atoms. The highest BCUT2D eigenvalue weighted by atomic mass is 16.3. The monoisotopic (exact) mass is 222 g/mol. The van der Waals surface area contributed by atoms with E-state index in [0.29, 0.717) is 6.54 Å². The van der Waals surface area contributed by atoms with E-state index in [1.807, 2.05) is 31.2 Å². The molecule has 0 saturated carbocycles. The van der Waals surface area contributed by atoms with Crippen LogP contribution < -0.4 is 5.73 Å². The second-order valence-electron chi connectivity index (χ2n) is 3.97. The number of aliphatic hydroxyl groups excluding tert-OH is 1. The number of nitrogens with zero attached hydrogens (tertiary/aromatic N) is 1. The van der Waals surface area contributed by atoms with Gasteiger partial charge in [0, 0.05) is 13.6 Å². The number of carbonyl (C=O) groups is 1. The van der Waals surface area contributed by atoms with Gasteiger partial charge in [-0.2, -0.15) is 0 Å². The summed E-state index contributed by atoms with van der Waals surface area (Å²) in [6.45, 7) is 2.19. The van der Waals surface area contributed by atoms with Crippen LogP contribution in [0.15, 0.2) is 24.3 Å². The Morgan fingerprint density at radius 1 is 1.56 bits per heavy atom. The largest absolute Gasteiger partial charge is 0.394 e. The van der Waals surface area contributed by atoms with Crippen molar-refractivity contribution in [2.45, 2.75) is 19.5 Å². The van der Waals surface area contributed by atoms with Crippen LogP contribution in [0.5, 0.6) is 0 Å². The summed E-state index contributed by atoms with van der Waals surface area (Å²) < 4.78 is 0. The number of aliphatic hydroxyl groups is 1. The van der Waals surface area contributed by atoms with Crippen molar-refractivity contribution in [2.24, 2.45) is 5.73 Å². The zero-order valence-electron chi connectivity index (χ0n) is 9.68. The van der Waals surface area contributed by atoms with Gasteiger partial charge in [0.1, 0.15) is 6.04 Å². The minimum absolute atomic E-state index is 0.246. The Morgan fingerprint density at radius 3 is 2.81 bits per heavy atom. The molecule has 88 valence electrons. The highest BCUT2D eigenvalue weighted by Crippen LogP contribution is 2.07. The van der Waals surface area contributed by atoms with E-state index in [0.717, 1.165) is 11.1 Å². The molecule has 3 N–H and O–H groups in total. The first-order valence-electron chi connectivity index (χ1n) is 5.21. The highest BCUT2D eigenvalue weighted by Gasteiger charge is 2.16. The average molecular weight is 222 g/mol. The summed E-state index contributed by atoms with van der Waals surface area (Å²) in [5.41, 5.74) is 7.67. The van der Waals surface area contributed by atoms with Gasteiger partial charge in [-0.25, -0.2) is 0 Å². The number of benzene rings is 1. The molecule has 0 radical (unpaired) electrons. The molecule has 1 rings (SSSR count). The van der Waals surface area contributed by atoms with Gasteiger partial charge in [-0.3, -0.25) is 4.79 Å². The number of carbonyl (C=O) groups excluding carboxylic acids is 1. The van der Waals surface area contributed by atoms with Crippen molar-refractivity contribution in [1.82, 2.24) is 4.90 Å². The topological polar surface area (TPSA) is 66.6 Å². The summed E-state index contributed by atoms with van der Waals surface area (Å²) in [4.78, 5) is 13.1. The first-order chi connectivity index (χ1) is 7.54. The third-order valence-corrected chi connectivity index (χ3v) is 2.39. The van der Waals surface area contributed by atoms with Gasteiger partial charge < -0.3 is 15.7 Å². The number of aryl methyl sites for hydroxylation is 1. The standard InChI is InChI=1S/C12H18N2O2/c1-9-4-3-5-10(6-9)7-14(2)12(16)11(13)8-15/h3-6,11,15H,7-8,13H2,1-2H3. The van der Waals surface area contributed by atoms with Crippen molar-refractivity contribution in [3.05, 3.63) is 35.4 Å². The van der Waals surface area contributed by atoms with Gasteiger partial charge in [0.15, 0.2) is 0 Å². The molecule has 1 amide bonds. The minimum Gasteiger partial charge on any atom is -0.394 e. The Kier molecular flexibility index (Phi) is 4.46. The predicted octanol–water partition coefficient (Wildman–Crippen LogP) is 0.273. The van der Waals surface area contributed by atoms with Gasteiger partial charge in [-0.1, -0.05) is 29.8 Å². The summed E-state index contributed by atoms with van der Waals surface area (Å²) in [6.07, 6.45) is 0. The van der Waals surface area contributed by atoms with Crippen molar-refractivity contribution in [3.63, 3.8) is 0 Å². The fourth-order valence-electron chi connectivity index (χ4n) is 1.52.